The van der Waals surface area contributed by atoms with Crippen molar-refractivity contribution in [1.82, 2.24) is 5.43 Å². The third-order valence-corrected chi connectivity index (χ3v) is 3.55. The molecule has 0 aromatic heterocycles. The molecule has 29 heavy (non-hydrogen) atoms. The molecule has 10 nitrogen and oxygen atoms in total. The summed E-state index contributed by atoms with van der Waals surface area (Å²) in [7, 11) is 1.21. The Bertz CT molecular complexity index is 940. The number of hydrogen-bond donors (Lipinski definition) is 1. The van der Waals surface area contributed by atoms with E-state index in [1.165, 1.54) is 19.2 Å². The number of rotatable bonds is 8. The zero-order valence-corrected chi connectivity index (χ0v) is 16.0. The lowest BCUT2D eigenvalue weighted by Crippen LogP contribution is -2.24. The molecular formula is C19H19N3O7. The van der Waals surface area contributed by atoms with E-state index in [4.69, 9.17) is 14.2 Å². The van der Waals surface area contributed by atoms with Gasteiger partial charge in [-0.3, -0.25) is 19.7 Å². The lowest BCUT2D eigenvalue weighted by molar-refractivity contribution is -0.385. The first-order chi connectivity index (χ1) is 13.8. The van der Waals surface area contributed by atoms with Crippen LogP contribution >= 0.6 is 0 Å². The summed E-state index contributed by atoms with van der Waals surface area (Å²) in [5.74, 6) is -1.01. The number of nitrogens with one attached hydrogen (secondary N) is 1. The minimum absolute atomic E-state index is 0.0440. The Morgan fingerprint density at radius 1 is 1.21 bits per heavy atom. The molecular weight excluding hydrogens is 382 g/mol. The minimum Gasteiger partial charge on any atom is -0.488 e. The van der Waals surface area contributed by atoms with Gasteiger partial charge in [-0.15, -0.1) is 0 Å². The normalized spacial score (nSPS) is 10.4. The molecule has 0 aliphatic rings. The Balaban J connectivity index is 2.08. The number of hydrazone groups is 1. The second-order valence-corrected chi connectivity index (χ2v) is 5.78. The summed E-state index contributed by atoms with van der Waals surface area (Å²) in [5, 5.41) is 15.1. The summed E-state index contributed by atoms with van der Waals surface area (Å²) < 4.78 is 15.2. The fraction of sp³-hybridized carbons (Fsp3) is 0.211. The summed E-state index contributed by atoms with van der Waals surface area (Å²) in [6, 6.07) is 9.79. The maximum Gasteiger partial charge on any atom is 0.323 e. The second kappa shape index (κ2) is 9.83. The van der Waals surface area contributed by atoms with E-state index in [2.05, 4.69) is 10.5 Å². The number of aryl methyl sites for hydroxylation is 1. The molecule has 2 aromatic rings. The van der Waals surface area contributed by atoms with Gasteiger partial charge < -0.3 is 14.2 Å². The summed E-state index contributed by atoms with van der Waals surface area (Å²) in [6.07, 6.45) is 1.09. The van der Waals surface area contributed by atoms with E-state index < -0.39 is 22.5 Å². The molecule has 2 rings (SSSR count). The zero-order chi connectivity index (χ0) is 21.4. The monoisotopic (exact) mass is 401 g/mol. The Morgan fingerprint density at radius 3 is 2.48 bits per heavy atom. The SMILES string of the molecule is COc1c(OC(C)=O)ccc(/C=N\NC(=O)COc2ccc(C)cc2)c1[N+](=O)[O-]. The van der Waals surface area contributed by atoms with Gasteiger partial charge in [0, 0.05) is 6.92 Å². The van der Waals surface area contributed by atoms with Crippen molar-refractivity contribution in [2.75, 3.05) is 13.7 Å². The van der Waals surface area contributed by atoms with Crippen molar-refractivity contribution >= 4 is 23.8 Å². The van der Waals surface area contributed by atoms with Gasteiger partial charge in [0.05, 0.1) is 23.8 Å². The standard InChI is InChI=1S/C19H19N3O7/c1-12-4-7-15(8-5-12)28-11-17(24)21-20-10-14-6-9-16(29-13(2)23)19(27-3)18(14)22(25)26/h4-10H,11H2,1-3H3,(H,21,24)/b20-10-. The van der Waals surface area contributed by atoms with Crippen molar-refractivity contribution in [2.45, 2.75) is 13.8 Å². The van der Waals surface area contributed by atoms with Gasteiger partial charge in [0.25, 0.3) is 5.91 Å². The van der Waals surface area contributed by atoms with E-state index in [0.717, 1.165) is 18.7 Å². The van der Waals surface area contributed by atoms with Crippen molar-refractivity contribution in [3.05, 3.63) is 57.6 Å². The zero-order valence-electron chi connectivity index (χ0n) is 16.0. The fourth-order valence-electron chi connectivity index (χ4n) is 2.28. The van der Waals surface area contributed by atoms with E-state index in [-0.39, 0.29) is 23.7 Å². The Morgan fingerprint density at radius 2 is 1.90 bits per heavy atom. The highest BCUT2D eigenvalue weighted by Gasteiger charge is 2.25. The predicted octanol–water partition coefficient (Wildman–Crippen LogP) is 2.37. The third kappa shape index (κ3) is 6.03. The summed E-state index contributed by atoms with van der Waals surface area (Å²) >= 11 is 0. The number of methoxy groups -OCH3 is 1. The number of nitro benzene ring substituents is 1. The first kappa shape index (κ1) is 21.4. The highest BCUT2D eigenvalue weighted by molar-refractivity contribution is 5.90. The first-order valence-electron chi connectivity index (χ1n) is 8.37. The van der Waals surface area contributed by atoms with Crippen LogP contribution in [-0.2, 0) is 9.59 Å². The van der Waals surface area contributed by atoms with E-state index >= 15 is 0 Å². The Hall–Kier alpha value is -3.95. The van der Waals surface area contributed by atoms with E-state index in [9.17, 15) is 19.7 Å². The largest absolute Gasteiger partial charge is 0.488 e. The van der Waals surface area contributed by atoms with Crippen molar-refractivity contribution in [1.29, 1.82) is 0 Å². The molecule has 2 aromatic carbocycles. The van der Waals surface area contributed by atoms with Gasteiger partial charge in [-0.1, -0.05) is 17.7 Å². The smallest absolute Gasteiger partial charge is 0.323 e. The minimum atomic E-state index is -0.699. The second-order valence-electron chi connectivity index (χ2n) is 5.78. The van der Waals surface area contributed by atoms with Crippen LogP contribution in [0, 0.1) is 17.0 Å². The average Bonchev–Trinajstić information content (AvgIpc) is 2.67. The number of amides is 1. The Labute approximate surface area is 166 Å². The molecule has 0 saturated heterocycles. The number of carbonyl (C=O) groups excluding carboxylic acids is 2. The van der Waals surface area contributed by atoms with Crippen LogP contribution in [0.4, 0.5) is 5.69 Å². The molecule has 1 N–H and O–H groups in total. The van der Waals surface area contributed by atoms with Gasteiger partial charge >= 0.3 is 11.7 Å². The number of nitrogens with zero attached hydrogens (tertiary/aromatic N) is 2. The number of hydrogen-bond acceptors (Lipinski definition) is 8. The van der Waals surface area contributed by atoms with E-state index in [0.29, 0.717) is 5.75 Å². The molecule has 0 fully saturated rings. The van der Waals surface area contributed by atoms with Crippen LogP contribution in [0.5, 0.6) is 17.2 Å². The van der Waals surface area contributed by atoms with Crippen molar-refractivity contribution in [3.8, 4) is 17.2 Å². The van der Waals surface area contributed by atoms with E-state index in [1.807, 2.05) is 19.1 Å². The molecule has 0 heterocycles. The highest BCUT2D eigenvalue weighted by Crippen LogP contribution is 2.39. The predicted molar refractivity (Wildman–Crippen MR) is 103 cm³/mol. The molecule has 0 atom stereocenters. The van der Waals surface area contributed by atoms with Crippen LogP contribution in [0.25, 0.3) is 0 Å². The molecule has 152 valence electrons. The fourth-order valence-corrected chi connectivity index (χ4v) is 2.28. The van der Waals surface area contributed by atoms with Crippen LogP contribution in [0.3, 0.4) is 0 Å². The quantitative estimate of drug-likeness (QED) is 0.236. The van der Waals surface area contributed by atoms with Crippen molar-refractivity contribution in [3.63, 3.8) is 0 Å². The first-order valence-corrected chi connectivity index (χ1v) is 8.37. The number of carbonyl (C=O) groups is 2. The molecule has 0 unspecified atom stereocenters. The average molecular weight is 401 g/mol. The van der Waals surface area contributed by atoms with Gasteiger partial charge in [-0.05, 0) is 31.2 Å². The van der Waals surface area contributed by atoms with Gasteiger partial charge in [0.15, 0.2) is 12.4 Å². The summed E-state index contributed by atoms with van der Waals surface area (Å²) in [6.45, 7) is 2.81. The highest BCUT2D eigenvalue weighted by atomic mass is 16.6. The Kier molecular flexibility index (Phi) is 7.24. The topological polar surface area (TPSA) is 129 Å². The van der Waals surface area contributed by atoms with Crippen molar-refractivity contribution in [2.24, 2.45) is 5.10 Å². The molecule has 0 aliphatic carbocycles. The van der Waals surface area contributed by atoms with E-state index in [1.54, 1.807) is 12.1 Å². The number of esters is 1. The molecule has 0 bridgehead atoms. The number of benzene rings is 2. The molecule has 10 heteroatoms. The summed E-state index contributed by atoms with van der Waals surface area (Å²) in [5.41, 5.74) is 2.86. The van der Waals surface area contributed by atoms with Crippen LogP contribution in [0.15, 0.2) is 41.5 Å². The molecule has 0 radical (unpaired) electrons. The van der Waals surface area contributed by atoms with Crippen LogP contribution in [0.1, 0.15) is 18.1 Å². The van der Waals surface area contributed by atoms with Crippen molar-refractivity contribution < 1.29 is 28.7 Å². The van der Waals surface area contributed by atoms with Crippen LogP contribution in [0.2, 0.25) is 0 Å². The molecule has 0 aliphatic heterocycles. The molecule has 0 spiro atoms. The van der Waals surface area contributed by atoms with Gasteiger partial charge in [0.1, 0.15) is 5.75 Å². The number of nitro groups is 1. The van der Waals surface area contributed by atoms with Crippen LogP contribution < -0.4 is 19.6 Å². The third-order valence-electron chi connectivity index (χ3n) is 3.55. The maximum atomic E-state index is 11.8. The lowest BCUT2D eigenvalue weighted by Gasteiger charge is -2.09. The maximum absolute atomic E-state index is 11.8. The summed E-state index contributed by atoms with van der Waals surface area (Å²) in [4.78, 5) is 33.7. The van der Waals surface area contributed by atoms with Crippen LogP contribution in [-0.4, -0.2) is 36.7 Å². The lowest BCUT2D eigenvalue weighted by atomic mass is 10.1. The van der Waals surface area contributed by atoms with Gasteiger partial charge in [-0.25, -0.2) is 5.43 Å². The molecule has 1 amide bonds. The van der Waals surface area contributed by atoms with Gasteiger partial charge in [-0.2, -0.15) is 5.10 Å². The molecule has 0 saturated carbocycles. The number of ether oxygens (including phenoxy) is 3. The van der Waals surface area contributed by atoms with Gasteiger partial charge in [0.2, 0.25) is 5.75 Å².